The van der Waals surface area contributed by atoms with E-state index in [1.165, 1.54) is 43.9 Å². The lowest BCUT2D eigenvalue weighted by molar-refractivity contribution is -0.125. The van der Waals surface area contributed by atoms with Gasteiger partial charge in [0.05, 0.1) is 6.42 Å². The number of para-hydroxylation sites is 1. The summed E-state index contributed by atoms with van der Waals surface area (Å²) < 4.78 is 0. The minimum Gasteiger partial charge on any atom is -0.361 e. The van der Waals surface area contributed by atoms with Crippen LogP contribution in [-0.2, 0) is 11.2 Å². The van der Waals surface area contributed by atoms with Crippen LogP contribution in [-0.4, -0.2) is 16.9 Å². The summed E-state index contributed by atoms with van der Waals surface area (Å²) in [5.74, 6) is 2.96. The Balaban J connectivity index is 1.29. The Morgan fingerprint density at radius 2 is 1.80 bits per heavy atom. The molecular formula is C22H28N2O. The highest BCUT2D eigenvalue weighted by Crippen LogP contribution is 2.61. The van der Waals surface area contributed by atoms with Gasteiger partial charge in [-0.1, -0.05) is 18.2 Å². The van der Waals surface area contributed by atoms with Crippen LogP contribution in [0.25, 0.3) is 10.9 Å². The second-order valence-electron chi connectivity index (χ2n) is 9.11. The monoisotopic (exact) mass is 336 g/mol. The number of nitrogens with one attached hydrogen (secondary N) is 2. The van der Waals surface area contributed by atoms with Crippen LogP contribution in [0.4, 0.5) is 0 Å². The number of benzene rings is 1. The first kappa shape index (κ1) is 15.5. The third-order valence-electron chi connectivity index (χ3n) is 7.41. The number of H-pyrrole nitrogens is 1. The highest BCUT2D eigenvalue weighted by atomic mass is 16.1. The summed E-state index contributed by atoms with van der Waals surface area (Å²) in [7, 11) is 0. The molecule has 1 amide bonds. The number of aromatic nitrogens is 1. The van der Waals surface area contributed by atoms with E-state index in [9.17, 15) is 4.79 Å². The molecule has 6 rings (SSSR count). The van der Waals surface area contributed by atoms with E-state index in [0.29, 0.717) is 17.9 Å². The molecule has 132 valence electrons. The lowest BCUT2D eigenvalue weighted by atomic mass is 9.48. The fourth-order valence-corrected chi connectivity index (χ4v) is 6.60. The number of hydrogen-bond acceptors (Lipinski definition) is 1. The van der Waals surface area contributed by atoms with Crippen molar-refractivity contribution in [2.24, 2.45) is 23.2 Å². The molecule has 4 saturated carbocycles. The summed E-state index contributed by atoms with van der Waals surface area (Å²) in [6, 6.07) is 8.53. The number of carbonyl (C=O) groups is 1. The molecule has 0 unspecified atom stereocenters. The molecule has 1 atom stereocenters. The second-order valence-corrected chi connectivity index (χ2v) is 9.11. The highest BCUT2D eigenvalue weighted by molar-refractivity contribution is 5.88. The van der Waals surface area contributed by atoms with Gasteiger partial charge >= 0.3 is 0 Å². The molecule has 1 aromatic heterocycles. The van der Waals surface area contributed by atoms with Crippen molar-refractivity contribution in [2.45, 2.75) is 57.9 Å². The zero-order chi connectivity index (χ0) is 17.0. The summed E-state index contributed by atoms with van der Waals surface area (Å²) in [6.45, 7) is 2.26. The highest BCUT2D eigenvalue weighted by Gasteiger charge is 2.53. The molecule has 3 heteroatoms. The normalized spacial score (nSPS) is 34.4. The molecule has 4 fully saturated rings. The van der Waals surface area contributed by atoms with Crippen LogP contribution in [0, 0.1) is 23.2 Å². The van der Waals surface area contributed by atoms with Crippen LogP contribution in [0.1, 0.15) is 51.0 Å². The van der Waals surface area contributed by atoms with Gasteiger partial charge in [0.2, 0.25) is 5.91 Å². The third kappa shape index (κ3) is 2.59. The summed E-state index contributed by atoms with van der Waals surface area (Å²) >= 11 is 0. The maximum absolute atomic E-state index is 12.7. The number of fused-ring (bicyclic) bond motifs is 1. The van der Waals surface area contributed by atoms with Crippen molar-refractivity contribution >= 4 is 16.8 Å². The van der Waals surface area contributed by atoms with Crippen molar-refractivity contribution < 1.29 is 4.79 Å². The molecule has 1 aromatic carbocycles. The SMILES string of the molecule is C[C@@H](NC(=O)Cc1c[nH]c2ccccc12)C12CC3CC(CC(C3)C1)C2. The van der Waals surface area contributed by atoms with E-state index in [1.54, 1.807) is 0 Å². The van der Waals surface area contributed by atoms with Crippen LogP contribution in [0.15, 0.2) is 30.5 Å². The van der Waals surface area contributed by atoms with Crippen molar-refractivity contribution in [3.05, 3.63) is 36.0 Å². The molecule has 0 radical (unpaired) electrons. The lowest BCUT2D eigenvalue weighted by Crippen LogP contribution is -2.56. The Morgan fingerprint density at radius 3 is 2.48 bits per heavy atom. The summed E-state index contributed by atoms with van der Waals surface area (Å²) in [4.78, 5) is 16.0. The van der Waals surface area contributed by atoms with Crippen LogP contribution < -0.4 is 5.32 Å². The number of amides is 1. The van der Waals surface area contributed by atoms with Gasteiger partial charge in [0.1, 0.15) is 0 Å². The van der Waals surface area contributed by atoms with Crippen molar-refractivity contribution in [1.82, 2.24) is 10.3 Å². The number of hydrogen-bond donors (Lipinski definition) is 2. The molecule has 2 aromatic rings. The van der Waals surface area contributed by atoms with Gasteiger partial charge in [-0.2, -0.15) is 0 Å². The Bertz CT molecular complexity index is 770. The van der Waals surface area contributed by atoms with Gasteiger partial charge in [0.25, 0.3) is 0 Å². The third-order valence-corrected chi connectivity index (χ3v) is 7.41. The predicted molar refractivity (Wildman–Crippen MR) is 100 cm³/mol. The molecule has 4 aliphatic rings. The van der Waals surface area contributed by atoms with E-state index in [1.807, 2.05) is 18.3 Å². The van der Waals surface area contributed by atoms with Gasteiger partial charge in [-0.15, -0.1) is 0 Å². The van der Waals surface area contributed by atoms with Gasteiger partial charge in [-0.3, -0.25) is 4.79 Å². The van der Waals surface area contributed by atoms with Crippen LogP contribution in [0.2, 0.25) is 0 Å². The van der Waals surface area contributed by atoms with Gasteiger partial charge in [0, 0.05) is 23.1 Å². The average Bonchev–Trinajstić information content (AvgIpc) is 2.96. The maximum atomic E-state index is 12.7. The van der Waals surface area contributed by atoms with Crippen molar-refractivity contribution in [3.63, 3.8) is 0 Å². The summed E-state index contributed by atoms with van der Waals surface area (Å²) in [5, 5.41) is 4.55. The first-order valence-electron chi connectivity index (χ1n) is 9.96. The predicted octanol–water partition coefficient (Wildman–Crippen LogP) is 4.43. The van der Waals surface area contributed by atoms with E-state index in [0.717, 1.165) is 28.8 Å². The molecule has 4 bridgehead atoms. The van der Waals surface area contributed by atoms with Gasteiger partial charge in [-0.25, -0.2) is 0 Å². The molecule has 2 N–H and O–H groups in total. The molecule has 0 spiro atoms. The molecule has 0 aliphatic heterocycles. The maximum Gasteiger partial charge on any atom is 0.224 e. The van der Waals surface area contributed by atoms with E-state index < -0.39 is 0 Å². The number of carbonyl (C=O) groups excluding carboxylic acids is 1. The van der Waals surface area contributed by atoms with Gasteiger partial charge in [0.15, 0.2) is 0 Å². The quantitative estimate of drug-likeness (QED) is 0.852. The Kier molecular flexibility index (Phi) is 3.48. The molecule has 0 saturated heterocycles. The smallest absolute Gasteiger partial charge is 0.224 e. The van der Waals surface area contributed by atoms with E-state index in [-0.39, 0.29) is 5.91 Å². The summed E-state index contributed by atoms with van der Waals surface area (Å²) in [6.07, 6.45) is 10.8. The minimum absolute atomic E-state index is 0.174. The second kappa shape index (κ2) is 5.62. The molecule has 4 aliphatic carbocycles. The first-order chi connectivity index (χ1) is 12.1. The van der Waals surface area contributed by atoms with Crippen molar-refractivity contribution in [2.75, 3.05) is 0 Å². The largest absolute Gasteiger partial charge is 0.361 e. The molecule has 1 heterocycles. The number of aromatic amines is 1. The fraction of sp³-hybridized carbons (Fsp3) is 0.591. The fourth-order valence-electron chi connectivity index (χ4n) is 6.60. The molecule has 25 heavy (non-hydrogen) atoms. The summed E-state index contributed by atoms with van der Waals surface area (Å²) in [5.41, 5.74) is 2.59. The van der Waals surface area contributed by atoms with Crippen LogP contribution in [0.5, 0.6) is 0 Å². The topological polar surface area (TPSA) is 44.9 Å². The Labute approximate surface area is 149 Å². The molecule has 3 nitrogen and oxygen atoms in total. The van der Waals surface area contributed by atoms with Gasteiger partial charge < -0.3 is 10.3 Å². The lowest BCUT2D eigenvalue weighted by Gasteiger charge is -2.59. The zero-order valence-corrected chi connectivity index (χ0v) is 15.1. The van der Waals surface area contributed by atoms with Crippen molar-refractivity contribution in [1.29, 1.82) is 0 Å². The van der Waals surface area contributed by atoms with E-state index in [4.69, 9.17) is 0 Å². The van der Waals surface area contributed by atoms with Crippen LogP contribution in [0.3, 0.4) is 0 Å². The average molecular weight is 336 g/mol. The number of rotatable bonds is 4. The minimum atomic E-state index is 0.174. The van der Waals surface area contributed by atoms with E-state index in [2.05, 4.69) is 29.4 Å². The first-order valence-corrected chi connectivity index (χ1v) is 9.96. The molecular weight excluding hydrogens is 308 g/mol. The Morgan fingerprint density at radius 1 is 1.16 bits per heavy atom. The Hall–Kier alpha value is -1.77. The van der Waals surface area contributed by atoms with Crippen molar-refractivity contribution in [3.8, 4) is 0 Å². The standard InChI is InChI=1S/C22H28N2O/c1-14(22-10-15-6-16(11-22)8-17(7-15)12-22)24-21(25)9-18-13-23-20-5-3-2-4-19(18)20/h2-5,13-17,23H,6-12H2,1H3,(H,24,25)/t14-,15?,16?,17?,22?/m1/s1. The van der Waals surface area contributed by atoms with Crippen LogP contribution >= 0.6 is 0 Å². The van der Waals surface area contributed by atoms with Gasteiger partial charge in [-0.05, 0) is 80.2 Å². The zero-order valence-electron chi connectivity index (χ0n) is 15.1. The van der Waals surface area contributed by atoms with E-state index >= 15 is 0 Å².